The highest BCUT2D eigenvalue weighted by Crippen LogP contribution is 2.35. The van der Waals surface area contributed by atoms with E-state index in [0.29, 0.717) is 49.6 Å². The third-order valence-corrected chi connectivity index (χ3v) is 14.7. The smallest absolute Gasteiger partial charge is 0.329 e. The fourth-order valence-corrected chi connectivity index (χ4v) is 10.9. The van der Waals surface area contributed by atoms with E-state index in [1.54, 1.807) is 21.4 Å². The number of benzene rings is 3. The lowest BCUT2D eigenvalue weighted by atomic mass is 9.77. The number of fused-ring (bicyclic) bond motifs is 2. The molecule has 5 atom stereocenters. The quantitative estimate of drug-likeness (QED) is 0.110. The fourth-order valence-electron chi connectivity index (χ4n) is 10.9. The first-order valence-corrected chi connectivity index (χ1v) is 24.1. The molecule has 1 aromatic heterocycles. The van der Waals surface area contributed by atoms with Gasteiger partial charge in [-0.3, -0.25) is 48.0 Å². The zero-order chi connectivity index (χ0) is 48.1. The number of carbonyl (C=O) groups is 7. The molecule has 68 heavy (non-hydrogen) atoms. The minimum Gasteiger partial charge on any atom is -0.370 e. The molecule has 4 fully saturated rings. The molecule has 7 N–H and O–H groups in total. The molecule has 4 aliphatic rings. The summed E-state index contributed by atoms with van der Waals surface area (Å²) in [6.45, 7) is 0.442. The number of carbonyl (C=O) groups excluding carboxylic acids is 7. The normalized spacial score (nSPS) is 23.7. The molecule has 3 aromatic carbocycles. The molecule has 3 aliphatic heterocycles. The van der Waals surface area contributed by atoms with Crippen molar-refractivity contribution in [2.45, 2.75) is 126 Å². The minimum absolute atomic E-state index is 0.0292. The van der Waals surface area contributed by atoms with Crippen molar-refractivity contribution in [1.29, 1.82) is 0 Å². The van der Waals surface area contributed by atoms with Crippen molar-refractivity contribution < 1.29 is 33.6 Å². The van der Waals surface area contributed by atoms with Crippen molar-refractivity contribution in [3.63, 3.8) is 0 Å². The maximum Gasteiger partial charge on any atom is 0.329 e. The number of hydrogen-bond acceptors (Lipinski definition) is 9. The SMILES string of the molecule is Cn1c(=O)n(C2CCC(=O)NC2=O)c2ccc(C[C@H]3CC[C@H](CCC(=O)N4CC[C@H]5CC[C@@H](C(=O)N[C@@H](CCC(N)=O)C(=O)NC(c6ccccc6)c6ccccc6)N5C(=O)[C@@H](N)C4)CC3)cc21. The lowest BCUT2D eigenvalue weighted by Crippen LogP contribution is -2.60. The predicted octanol–water partition coefficient (Wildman–Crippen LogP) is 3.02. The topological polar surface area (TPSA) is 241 Å². The van der Waals surface area contributed by atoms with Gasteiger partial charge in [-0.2, -0.15) is 0 Å². The Labute approximate surface area is 395 Å². The van der Waals surface area contributed by atoms with Gasteiger partial charge in [0, 0.05) is 45.4 Å². The predicted molar refractivity (Wildman–Crippen MR) is 253 cm³/mol. The lowest BCUT2D eigenvalue weighted by Gasteiger charge is -2.38. The average Bonchev–Trinajstić information content (AvgIpc) is 3.87. The third-order valence-electron chi connectivity index (χ3n) is 14.7. The van der Waals surface area contributed by atoms with Gasteiger partial charge in [0.2, 0.25) is 41.4 Å². The first kappa shape index (κ1) is 47.9. The van der Waals surface area contributed by atoms with Crippen molar-refractivity contribution in [2.24, 2.45) is 30.4 Å². The van der Waals surface area contributed by atoms with E-state index in [2.05, 4.69) is 16.0 Å². The zero-order valence-electron chi connectivity index (χ0n) is 38.6. The molecule has 1 aliphatic carbocycles. The second kappa shape index (κ2) is 21.1. The minimum atomic E-state index is -1.10. The van der Waals surface area contributed by atoms with Gasteiger partial charge in [0.05, 0.1) is 17.1 Å². The summed E-state index contributed by atoms with van der Waals surface area (Å²) in [5.41, 5.74) is 15.9. The number of nitrogens with two attached hydrogens (primary N) is 2. The van der Waals surface area contributed by atoms with Crippen LogP contribution in [0.1, 0.15) is 112 Å². The van der Waals surface area contributed by atoms with E-state index in [4.69, 9.17) is 11.5 Å². The molecule has 8 rings (SSSR count). The molecule has 17 heteroatoms. The molecule has 1 unspecified atom stereocenters. The Kier molecular flexibility index (Phi) is 14.9. The van der Waals surface area contributed by atoms with Crippen LogP contribution in [0.25, 0.3) is 11.0 Å². The Morgan fingerprint density at radius 3 is 2.12 bits per heavy atom. The van der Waals surface area contributed by atoms with Gasteiger partial charge in [-0.05, 0) is 98.4 Å². The summed E-state index contributed by atoms with van der Waals surface area (Å²) in [7, 11) is 1.70. The number of rotatable bonds is 15. The van der Waals surface area contributed by atoms with Crippen LogP contribution in [-0.2, 0) is 47.0 Å². The number of primary amides is 1. The molecule has 1 saturated carbocycles. The number of nitrogens with one attached hydrogen (secondary N) is 3. The Balaban J connectivity index is 0.826. The Morgan fingerprint density at radius 2 is 1.46 bits per heavy atom. The highest BCUT2D eigenvalue weighted by Gasteiger charge is 2.45. The monoisotopic (exact) mass is 929 g/mol. The number of aromatic nitrogens is 2. The van der Waals surface area contributed by atoms with Crippen LogP contribution in [-0.4, -0.2) is 97.5 Å². The van der Waals surface area contributed by atoms with Crippen LogP contribution in [0, 0.1) is 11.8 Å². The molecule has 3 saturated heterocycles. The number of imide groups is 1. The number of hydrogen-bond donors (Lipinski definition) is 5. The van der Waals surface area contributed by atoms with Gasteiger partial charge in [0.1, 0.15) is 24.2 Å². The molecule has 17 nitrogen and oxygen atoms in total. The standard InChI is InChI=1S/C51H63N9O8/c1-57-42-29-33(16-20-39(42)60(51(57)68)41-22-24-44(62)55-49(41)66)28-32-14-12-31(13-15-32)17-25-45(63)58-27-26-36-18-21-40(59(36)50(67)37(52)30-58)48(65)54-38(19-23-43(53)61)47(64)56-46(34-8-4-2-5-9-34)35-10-6-3-7-11-35/h2-11,16,20,29,31-32,36-38,40-41,46H,12-15,17-19,21-28,30,52H2,1H3,(H2,53,61)(H,54,65)(H,56,64)(H,55,62,66)/t31-,32-,36-,37+,38+,40+,41?/m1/s1. The molecular formula is C51H63N9O8. The molecule has 360 valence electrons. The Morgan fingerprint density at radius 1 is 0.779 bits per heavy atom. The molecule has 0 bridgehead atoms. The van der Waals surface area contributed by atoms with Crippen LogP contribution < -0.4 is 33.1 Å². The molecule has 0 spiro atoms. The molecule has 0 radical (unpaired) electrons. The van der Waals surface area contributed by atoms with E-state index >= 15 is 0 Å². The first-order chi connectivity index (χ1) is 32.7. The van der Waals surface area contributed by atoms with Crippen LogP contribution in [0.15, 0.2) is 83.7 Å². The van der Waals surface area contributed by atoms with Gasteiger partial charge in [-0.25, -0.2) is 4.79 Å². The van der Waals surface area contributed by atoms with Crippen molar-refractivity contribution in [3.8, 4) is 0 Å². The fraction of sp³-hybridized carbons (Fsp3) is 0.490. The van der Waals surface area contributed by atoms with E-state index in [9.17, 15) is 38.4 Å². The summed E-state index contributed by atoms with van der Waals surface area (Å²) >= 11 is 0. The summed E-state index contributed by atoms with van der Waals surface area (Å²) in [6.07, 6.45) is 7.66. The maximum absolute atomic E-state index is 14.1. The number of nitrogens with zero attached hydrogens (tertiary/aromatic N) is 4. The van der Waals surface area contributed by atoms with Gasteiger partial charge in [0.25, 0.3) is 0 Å². The van der Waals surface area contributed by atoms with Crippen LogP contribution in [0.4, 0.5) is 0 Å². The summed E-state index contributed by atoms with van der Waals surface area (Å²) in [4.78, 5) is 108. The van der Waals surface area contributed by atoms with E-state index in [1.807, 2.05) is 78.9 Å². The van der Waals surface area contributed by atoms with E-state index < -0.39 is 59.7 Å². The largest absolute Gasteiger partial charge is 0.370 e. The Hall–Kier alpha value is -6.62. The zero-order valence-corrected chi connectivity index (χ0v) is 38.6. The molecular weight excluding hydrogens is 867 g/mol. The first-order valence-electron chi connectivity index (χ1n) is 24.1. The van der Waals surface area contributed by atoms with Gasteiger partial charge >= 0.3 is 5.69 Å². The number of amides is 7. The highest BCUT2D eigenvalue weighted by atomic mass is 16.2. The lowest BCUT2D eigenvalue weighted by molar-refractivity contribution is -0.145. The average molecular weight is 930 g/mol. The number of piperidine rings is 1. The molecule has 4 heterocycles. The number of imidazole rings is 1. The summed E-state index contributed by atoms with van der Waals surface area (Å²) in [5, 5.41) is 8.27. The van der Waals surface area contributed by atoms with Crippen molar-refractivity contribution in [2.75, 3.05) is 13.1 Å². The number of aryl methyl sites for hydroxylation is 1. The maximum atomic E-state index is 14.1. The van der Waals surface area contributed by atoms with Gasteiger partial charge in [-0.15, -0.1) is 0 Å². The van der Waals surface area contributed by atoms with Gasteiger partial charge in [0.15, 0.2) is 0 Å². The van der Waals surface area contributed by atoms with E-state index in [0.717, 1.165) is 60.7 Å². The van der Waals surface area contributed by atoms with Crippen LogP contribution in [0.2, 0.25) is 0 Å². The van der Waals surface area contributed by atoms with E-state index in [1.165, 1.54) is 4.57 Å². The van der Waals surface area contributed by atoms with Crippen molar-refractivity contribution >= 4 is 52.4 Å². The van der Waals surface area contributed by atoms with Gasteiger partial charge in [-0.1, -0.05) is 79.6 Å². The van der Waals surface area contributed by atoms with Crippen molar-refractivity contribution in [1.82, 2.24) is 34.9 Å². The van der Waals surface area contributed by atoms with Crippen LogP contribution in [0.3, 0.4) is 0 Å². The van der Waals surface area contributed by atoms with Crippen LogP contribution >= 0.6 is 0 Å². The second-order valence-corrected chi connectivity index (χ2v) is 19.2. The summed E-state index contributed by atoms with van der Waals surface area (Å²) in [5.74, 6) is -1.99. The Bertz CT molecular complexity index is 2550. The van der Waals surface area contributed by atoms with E-state index in [-0.39, 0.29) is 55.8 Å². The van der Waals surface area contributed by atoms with Crippen molar-refractivity contribution in [3.05, 3.63) is 106 Å². The summed E-state index contributed by atoms with van der Waals surface area (Å²) < 4.78 is 3.06. The molecule has 4 aromatic rings. The second-order valence-electron chi connectivity index (χ2n) is 19.2. The third kappa shape index (κ3) is 10.7. The highest BCUT2D eigenvalue weighted by molar-refractivity contribution is 6.00. The summed E-state index contributed by atoms with van der Waals surface area (Å²) in [6, 6.07) is 20.3. The van der Waals surface area contributed by atoms with Gasteiger partial charge < -0.3 is 31.9 Å². The molecule has 7 amide bonds. The van der Waals surface area contributed by atoms with Crippen LogP contribution in [0.5, 0.6) is 0 Å².